The van der Waals surface area contributed by atoms with E-state index in [1.807, 2.05) is 49.4 Å². The topological polar surface area (TPSA) is 58.6 Å². The highest BCUT2D eigenvalue weighted by atomic mass is 19.1. The smallest absolute Gasteiger partial charge is 0.224 e. The lowest BCUT2D eigenvalue weighted by atomic mass is 9.78. The van der Waals surface area contributed by atoms with Crippen LogP contribution in [0, 0.1) is 12.7 Å². The predicted molar refractivity (Wildman–Crippen MR) is 134 cm³/mol. The van der Waals surface area contributed by atoms with E-state index in [4.69, 9.17) is 4.74 Å². The lowest BCUT2D eigenvalue weighted by Gasteiger charge is -2.34. The van der Waals surface area contributed by atoms with E-state index in [9.17, 15) is 14.0 Å². The number of aryl methyl sites for hydroxylation is 1. The number of hydrogen-bond donors (Lipinski definition) is 1. The van der Waals surface area contributed by atoms with Crippen LogP contribution in [0.3, 0.4) is 0 Å². The molecule has 0 fully saturated rings. The number of carbonyl (C=O) groups is 2. The number of ether oxygens (including phenoxy) is 1. The number of Topliss-reactive ketones (excluding diaryl/α,β-unsaturated/α-hetero) is 1. The van der Waals surface area contributed by atoms with Crippen LogP contribution in [-0.2, 0) is 9.59 Å². The molecule has 178 valence electrons. The Morgan fingerprint density at radius 3 is 2.34 bits per heavy atom. The minimum absolute atomic E-state index is 0.00806. The van der Waals surface area contributed by atoms with Crippen molar-refractivity contribution >= 4 is 23.1 Å². The molecule has 0 radical (unpaired) electrons. The molecule has 1 aliphatic carbocycles. The highest BCUT2D eigenvalue weighted by molar-refractivity contribution is 6.06. The molecule has 2 aliphatic rings. The second-order valence-corrected chi connectivity index (χ2v) is 9.18. The summed E-state index contributed by atoms with van der Waals surface area (Å²) in [5.74, 6) is 0.179. The second kappa shape index (κ2) is 9.02. The maximum Gasteiger partial charge on any atom is 0.224 e. The number of nitrogens with zero attached hydrogens (tertiary/aromatic N) is 1. The first-order valence-electron chi connectivity index (χ1n) is 11.7. The molecule has 5 rings (SSSR count). The number of hydrogen-bond acceptors (Lipinski definition) is 4. The SMILES string of the molecule is COc1ccc(C2CC(=O)C3=C(C2)Nc2ccc(C)cc2N(C(C)=O)C3c2ccc(F)cc2)cc1. The normalized spacial score (nSPS) is 19.4. The number of fused-ring (bicyclic) bond motifs is 1. The van der Waals surface area contributed by atoms with Gasteiger partial charge in [-0.1, -0.05) is 30.3 Å². The Hall–Kier alpha value is -3.93. The van der Waals surface area contributed by atoms with Gasteiger partial charge in [-0.3, -0.25) is 14.5 Å². The fraction of sp³-hybridized carbons (Fsp3) is 0.241. The highest BCUT2D eigenvalue weighted by Crippen LogP contribution is 2.47. The molecule has 0 aromatic heterocycles. The summed E-state index contributed by atoms with van der Waals surface area (Å²) in [5.41, 5.74) is 5.58. The summed E-state index contributed by atoms with van der Waals surface area (Å²) in [7, 11) is 1.63. The molecular weight excluding hydrogens is 443 g/mol. The van der Waals surface area contributed by atoms with E-state index in [-0.39, 0.29) is 23.4 Å². The van der Waals surface area contributed by atoms with Gasteiger partial charge in [-0.25, -0.2) is 4.39 Å². The van der Waals surface area contributed by atoms with Gasteiger partial charge in [0, 0.05) is 24.6 Å². The first-order chi connectivity index (χ1) is 16.9. The van der Waals surface area contributed by atoms with Crippen LogP contribution >= 0.6 is 0 Å². The molecule has 0 bridgehead atoms. The quantitative estimate of drug-likeness (QED) is 0.505. The van der Waals surface area contributed by atoms with Crippen molar-refractivity contribution in [1.29, 1.82) is 0 Å². The van der Waals surface area contributed by atoms with Gasteiger partial charge in [0.15, 0.2) is 5.78 Å². The zero-order chi connectivity index (χ0) is 24.7. The molecule has 3 aromatic rings. The Morgan fingerprint density at radius 2 is 1.69 bits per heavy atom. The number of allylic oxidation sites excluding steroid dienone is 1. The van der Waals surface area contributed by atoms with Crippen LogP contribution in [0.1, 0.15) is 48.4 Å². The Bertz CT molecular complexity index is 1330. The molecule has 0 spiro atoms. The van der Waals surface area contributed by atoms with E-state index >= 15 is 0 Å². The minimum atomic E-state index is -0.650. The molecule has 35 heavy (non-hydrogen) atoms. The summed E-state index contributed by atoms with van der Waals surface area (Å²) in [6.45, 7) is 3.47. The number of rotatable bonds is 3. The molecule has 0 saturated heterocycles. The molecule has 1 N–H and O–H groups in total. The molecular formula is C29H27FN2O3. The summed E-state index contributed by atoms with van der Waals surface area (Å²) in [5, 5.41) is 3.50. The molecule has 1 amide bonds. The van der Waals surface area contributed by atoms with Crippen molar-refractivity contribution in [3.63, 3.8) is 0 Å². The zero-order valence-electron chi connectivity index (χ0n) is 20.0. The van der Waals surface area contributed by atoms with Crippen molar-refractivity contribution in [3.8, 4) is 5.75 Å². The third-order valence-electron chi connectivity index (χ3n) is 6.85. The third-order valence-corrected chi connectivity index (χ3v) is 6.85. The summed E-state index contributed by atoms with van der Waals surface area (Å²) in [4.78, 5) is 28.5. The first-order valence-corrected chi connectivity index (χ1v) is 11.7. The summed E-state index contributed by atoms with van der Waals surface area (Å²) in [6.07, 6.45) is 0.940. The molecule has 6 heteroatoms. The highest BCUT2D eigenvalue weighted by Gasteiger charge is 2.40. The van der Waals surface area contributed by atoms with Gasteiger partial charge < -0.3 is 10.1 Å². The minimum Gasteiger partial charge on any atom is -0.497 e. The van der Waals surface area contributed by atoms with Crippen molar-refractivity contribution in [3.05, 3.63) is 101 Å². The van der Waals surface area contributed by atoms with Gasteiger partial charge in [0.05, 0.1) is 24.5 Å². The Morgan fingerprint density at radius 1 is 1.00 bits per heavy atom. The summed E-state index contributed by atoms with van der Waals surface area (Å²) in [6, 6.07) is 19.1. The maximum atomic E-state index is 13.8. The average Bonchev–Trinajstić information content (AvgIpc) is 2.99. The monoisotopic (exact) mass is 470 g/mol. The lowest BCUT2D eigenvalue weighted by Crippen LogP contribution is -2.37. The van der Waals surface area contributed by atoms with E-state index < -0.39 is 6.04 Å². The number of methoxy groups -OCH3 is 1. The van der Waals surface area contributed by atoms with Gasteiger partial charge in [-0.15, -0.1) is 0 Å². The van der Waals surface area contributed by atoms with Crippen LogP contribution in [0.4, 0.5) is 15.8 Å². The van der Waals surface area contributed by atoms with Crippen LogP contribution < -0.4 is 15.0 Å². The fourth-order valence-electron chi connectivity index (χ4n) is 5.17. The Labute approximate surface area is 204 Å². The van der Waals surface area contributed by atoms with E-state index in [0.717, 1.165) is 28.3 Å². The largest absolute Gasteiger partial charge is 0.497 e. The van der Waals surface area contributed by atoms with Crippen molar-refractivity contribution in [2.45, 2.75) is 38.6 Å². The van der Waals surface area contributed by atoms with E-state index in [1.54, 1.807) is 24.1 Å². The van der Waals surface area contributed by atoms with Gasteiger partial charge in [0.25, 0.3) is 0 Å². The molecule has 1 aliphatic heterocycles. The average molecular weight is 471 g/mol. The number of halogens is 1. The third kappa shape index (κ3) is 4.20. The number of ketones is 1. The summed E-state index contributed by atoms with van der Waals surface area (Å²) < 4.78 is 19.1. The molecule has 2 atom stereocenters. The van der Waals surface area contributed by atoms with Gasteiger partial charge in [0.2, 0.25) is 5.91 Å². The van der Waals surface area contributed by atoms with Crippen molar-refractivity contribution in [2.75, 3.05) is 17.3 Å². The number of nitrogens with one attached hydrogen (secondary N) is 1. The van der Waals surface area contributed by atoms with Gasteiger partial charge in [-0.05, 0) is 72.4 Å². The number of anilines is 2. The van der Waals surface area contributed by atoms with E-state index in [0.29, 0.717) is 29.7 Å². The zero-order valence-corrected chi connectivity index (χ0v) is 20.0. The van der Waals surface area contributed by atoms with Crippen molar-refractivity contribution in [2.24, 2.45) is 0 Å². The van der Waals surface area contributed by atoms with Crippen LogP contribution in [0.5, 0.6) is 5.75 Å². The van der Waals surface area contributed by atoms with Crippen molar-refractivity contribution in [1.82, 2.24) is 0 Å². The van der Waals surface area contributed by atoms with Crippen LogP contribution in [0.15, 0.2) is 78.0 Å². The van der Waals surface area contributed by atoms with Crippen LogP contribution in [0.2, 0.25) is 0 Å². The standard InChI is InChI=1S/C29H27FN2O3/c1-17-4-13-24-26(14-17)32(18(2)33)29(20-5-9-22(30)10-6-20)28-25(31-24)15-21(16-27(28)34)19-7-11-23(35-3)12-8-19/h4-14,21,29,31H,15-16H2,1-3H3. The van der Waals surface area contributed by atoms with Crippen molar-refractivity contribution < 1.29 is 18.7 Å². The van der Waals surface area contributed by atoms with E-state index in [1.165, 1.54) is 19.1 Å². The number of benzene rings is 3. The first kappa shape index (κ1) is 22.8. The fourth-order valence-corrected chi connectivity index (χ4v) is 5.17. The molecule has 1 heterocycles. The van der Waals surface area contributed by atoms with E-state index in [2.05, 4.69) is 5.32 Å². The predicted octanol–water partition coefficient (Wildman–Crippen LogP) is 6.06. The molecule has 0 saturated carbocycles. The molecule has 2 unspecified atom stereocenters. The van der Waals surface area contributed by atoms with Gasteiger partial charge in [0.1, 0.15) is 11.6 Å². The molecule has 3 aromatic carbocycles. The second-order valence-electron chi connectivity index (χ2n) is 9.18. The Kier molecular flexibility index (Phi) is 5.89. The number of amides is 1. The van der Waals surface area contributed by atoms with Crippen LogP contribution in [0.25, 0.3) is 0 Å². The van der Waals surface area contributed by atoms with Crippen LogP contribution in [-0.4, -0.2) is 18.8 Å². The number of carbonyl (C=O) groups excluding carboxylic acids is 2. The summed E-state index contributed by atoms with van der Waals surface area (Å²) >= 11 is 0. The molecule has 5 nitrogen and oxygen atoms in total. The van der Waals surface area contributed by atoms with Gasteiger partial charge >= 0.3 is 0 Å². The Balaban J connectivity index is 1.67. The van der Waals surface area contributed by atoms with Gasteiger partial charge in [-0.2, -0.15) is 0 Å². The lowest BCUT2D eigenvalue weighted by molar-refractivity contribution is -0.117. The maximum absolute atomic E-state index is 13.8.